The molecule has 0 amide bonds. The smallest absolute Gasteiger partial charge is 0.162 e. The Bertz CT molecular complexity index is 240. The highest BCUT2D eigenvalue weighted by atomic mass is 16.1. The van der Waals surface area contributed by atoms with Gasteiger partial charge in [0, 0.05) is 12.0 Å². The predicted molar refractivity (Wildman–Crippen MR) is 57.1 cm³/mol. The van der Waals surface area contributed by atoms with Gasteiger partial charge in [0.2, 0.25) is 0 Å². The van der Waals surface area contributed by atoms with Gasteiger partial charge in [0.1, 0.15) is 7.28 Å². The van der Waals surface area contributed by atoms with Crippen molar-refractivity contribution in [2.24, 2.45) is 0 Å². The fourth-order valence-corrected chi connectivity index (χ4v) is 1.46. The maximum Gasteiger partial charge on any atom is 0.162 e. The number of carbonyl (C=O) groups excluding carboxylic acids is 1. The fraction of sp³-hybridized carbons (Fsp3) is 0.545. The summed E-state index contributed by atoms with van der Waals surface area (Å²) in [6, 6.07) is 0. The number of Topliss-reactive ketones (excluding diaryl/α,β-unsaturated/α-hetero) is 1. The molecule has 0 heterocycles. The average molecular weight is 175 g/mol. The molecule has 69 valence electrons. The zero-order valence-electron chi connectivity index (χ0n) is 8.42. The summed E-state index contributed by atoms with van der Waals surface area (Å²) >= 11 is 0. The van der Waals surface area contributed by atoms with Crippen molar-refractivity contribution in [3.8, 4) is 0 Å². The van der Waals surface area contributed by atoms with Crippen LogP contribution in [-0.2, 0) is 4.79 Å². The van der Waals surface area contributed by atoms with Gasteiger partial charge in [-0.15, -0.1) is 0 Å². The molecule has 1 aliphatic carbocycles. The van der Waals surface area contributed by atoms with Gasteiger partial charge < -0.3 is 0 Å². The van der Waals surface area contributed by atoms with Gasteiger partial charge in [-0.1, -0.05) is 32.0 Å². The van der Waals surface area contributed by atoms with Gasteiger partial charge in [0.25, 0.3) is 0 Å². The zero-order chi connectivity index (χ0) is 9.68. The maximum absolute atomic E-state index is 11.5. The van der Waals surface area contributed by atoms with Gasteiger partial charge in [-0.2, -0.15) is 0 Å². The van der Waals surface area contributed by atoms with Gasteiger partial charge >= 0.3 is 0 Å². The lowest BCUT2D eigenvalue weighted by Crippen LogP contribution is -2.05. The van der Waals surface area contributed by atoms with Gasteiger partial charge in [-0.3, -0.25) is 4.79 Å². The maximum atomic E-state index is 11.5. The van der Waals surface area contributed by atoms with Crippen LogP contribution in [0.5, 0.6) is 0 Å². The first-order valence-electron chi connectivity index (χ1n) is 4.99. The summed E-state index contributed by atoms with van der Waals surface area (Å²) in [4.78, 5) is 11.5. The van der Waals surface area contributed by atoms with Crippen molar-refractivity contribution in [1.29, 1.82) is 0 Å². The third-order valence-corrected chi connectivity index (χ3v) is 2.36. The molecule has 1 atom stereocenters. The standard InChI is InChI=1S/C11H16BO/c1-3-4-11(13)9-5-7-10(12-2)8-6-9/h5-7,10H,3-4,8H2,1-2H3. The van der Waals surface area contributed by atoms with E-state index in [2.05, 4.69) is 26.3 Å². The highest BCUT2D eigenvalue weighted by molar-refractivity contribution is 6.36. The van der Waals surface area contributed by atoms with E-state index in [1.165, 1.54) is 0 Å². The second kappa shape index (κ2) is 5.06. The molecule has 0 N–H and O–H groups in total. The van der Waals surface area contributed by atoms with Gasteiger partial charge in [-0.05, 0) is 18.7 Å². The molecule has 1 radical (unpaired) electrons. The van der Waals surface area contributed by atoms with Crippen LogP contribution in [0.25, 0.3) is 0 Å². The van der Waals surface area contributed by atoms with Crippen LogP contribution >= 0.6 is 0 Å². The third-order valence-electron chi connectivity index (χ3n) is 2.36. The molecule has 0 aromatic heterocycles. The summed E-state index contributed by atoms with van der Waals surface area (Å²) in [5, 5.41) is 0. The van der Waals surface area contributed by atoms with Crippen molar-refractivity contribution >= 4 is 13.1 Å². The summed E-state index contributed by atoms with van der Waals surface area (Å²) in [6.07, 6.45) is 8.74. The van der Waals surface area contributed by atoms with Gasteiger partial charge in [0.05, 0.1) is 0 Å². The molecular formula is C11H16BO. The third kappa shape index (κ3) is 2.87. The molecule has 1 nitrogen and oxygen atoms in total. The van der Waals surface area contributed by atoms with E-state index in [-0.39, 0.29) is 5.78 Å². The molecule has 1 rings (SSSR count). The Labute approximate surface area is 81.2 Å². The number of rotatable bonds is 4. The Kier molecular flexibility index (Phi) is 4.00. The minimum Gasteiger partial charge on any atom is -0.294 e. The minimum absolute atomic E-state index is 0.285. The predicted octanol–water partition coefficient (Wildman–Crippen LogP) is 2.78. The van der Waals surface area contributed by atoms with Crippen molar-refractivity contribution in [3.63, 3.8) is 0 Å². The van der Waals surface area contributed by atoms with Crippen LogP contribution in [0.3, 0.4) is 0 Å². The van der Waals surface area contributed by atoms with Crippen LogP contribution in [0.15, 0.2) is 23.8 Å². The average Bonchev–Trinajstić information content (AvgIpc) is 2.18. The van der Waals surface area contributed by atoms with Crippen LogP contribution in [0, 0.1) is 0 Å². The van der Waals surface area contributed by atoms with Gasteiger partial charge in [-0.25, -0.2) is 0 Å². The quantitative estimate of drug-likeness (QED) is 0.600. The van der Waals surface area contributed by atoms with Crippen molar-refractivity contribution in [2.45, 2.75) is 38.8 Å². The Morgan fingerprint density at radius 1 is 1.69 bits per heavy atom. The number of carbonyl (C=O) groups is 1. The molecule has 0 saturated carbocycles. The highest BCUT2D eigenvalue weighted by Crippen LogP contribution is 2.21. The molecule has 0 bridgehead atoms. The lowest BCUT2D eigenvalue weighted by Gasteiger charge is -2.12. The van der Waals surface area contributed by atoms with E-state index in [1.807, 2.05) is 13.0 Å². The Balaban J connectivity index is 2.51. The zero-order valence-corrected chi connectivity index (χ0v) is 8.42. The van der Waals surface area contributed by atoms with Crippen LogP contribution in [-0.4, -0.2) is 13.1 Å². The SMILES string of the molecule is C[B]C1C=CC(C(=O)CCC)=CC1. The largest absolute Gasteiger partial charge is 0.294 e. The van der Waals surface area contributed by atoms with Crippen molar-refractivity contribution < 1.29 is 4.79 Å². The normalized spacial score (nSPS) is 21.1. The fourth-order valence-electron chi connectivity index (χ4n) is 1.46. The summed E-state index contributed by atoms with van der Waals surface area (Å²) < 4.78 is 0. The summed E-state index contributed by atoms with van der Waals surface area (Å²) in [7, 11) is 2.16. The first-order valence-corrected chi connectivity index (χ1v) is 4.99. The molecular weight excluding hydrogens is 159 g/mol. The van der Waals surface area contributed by atoms with E-state index >= 15 is 0 Å². The summed E-state index contributed by atoms with van der Waals surface area (Å²) in [5.41, 5.74) is 0.903. The van der Waals surface area contributed by atoms with E-state index in [9.17, 15) is 4.79 Å². The Hall–Kier alpha value is -0.785. The van der Waals surface area contributed by atoms with Crippen LogP contribution in [0.2, 0.25) is 12.6 Å². The molecule has 0 spiro atoms. The van der Waals surface area contributed by atoms with Crippen molar-refractivity contribution in [1.82, 2.24) is 0 Å². The van der Waals surface area contributed by atoms with E-state index in [1.54, 1.807) is 0 Å². The molecule has 0 aromatic rings. The lowest BCUT2D eigenvalue weighted by molar-refractivity contribution is -0.115. The van der Waals surface area contributed by atoms with Crippen molar-refractivity contribution in [2.75, 3.05) is 0 Å². The molecule has 2 heteroatoms. The summed E-state index contributed by atoms with van der Waals surface area (Å²) in [6.45, 7) is 4.09. The monoisotopic (exact) mass is 175 g/mol. The van der Waals surface area contributed by atoms with Crippen molar-refractivity contribution in [3.05, 3.63) is 23.8 Å². The first-order chi connectivity index (χ1) is 6.27. The van der Waals surface area contributed by atoms with E-state index in [0.29, 0.717) is 12.2 Å². The van der Waals surface area contributed by atoms with Crippen LogP contribution in [0.1, 0.15) is 26.2 Å². The molecule has 13 heavy (non-hydrogen) atoms. The number of allylic oxidation sites excluding steroid dienone is 4. The molecule has 1 aliphatic rings. The Morgan fingerprint density at radius 3 is 2.92 bits per heavy atom. The molecule has 0 fully saturated rings. The highest BCUT2D eigenvalue weighted by Gasteiger charge is 2.11. The lowest BCUT2D eigenvalue weighted by atomic mass is 9.64. The second-order valence-corrected chi connectivity index (χ2v) is 3.42. The van der Waals surface area contributed by atoms with E-state index in [0.717, 1.165) is 18.4 Å². The van der Waals surface area contributed by atoms with E-state index < -0.39 is 0 Å². The second-order valence-electron chi connectivity index (χ2n) is 3.42. The Morgan fingerprint density at radius 2 is 2.46 bits per heavy atom. The number of hydrogen-bond donors (Lipinski definition) is 0. The van der Waals surface area contributed by atoms with Crippen LogP contribution in [0.4, 0.5) is 0 Å². The minimum atomic E-state index is 0.285. The molecule has 1 unspecified atom stereocenters. The first kappa shape index (κ1) is 10.3. The molecule has 0 aromatic carbocycles. The molecule has 0 aliphatic heterocycles. The number of ketones is 1. The topological polar surface area (TPSA) is 17.1 Å². The van der Waals surface area contributed by atoms with E-state index in [4.69, 9.17) is 0 Å². The summed E-state index contributed by atoms with van der Waals surface area (Å²) in [5.74, 6) is 0.812. The molecule has 0 saturated heterocycles. The van der Waals surface area contributed by atoms with Gasteiger partial charge in [0.15, 0.2) is 5.78 Å². The van der Waals surface area contributed by atoms with Crippen LogP contribution < -0.4 is 0 Å². The number of hydrogen-bond acceptors (Lipinski definition) is 1.